The molecule has 3 atom stereocenters. The number of hydrogen-bond donors (Lipinski definition) is 4. The summed E-state index contributed by atoms with van der Waals surface area (Å²) < 4.78 is 38.0. The molecule has 2 aromatic heterocycles. The number of aliphatic hydroxyl groups excluding tert-OH is 3. The van der Waals surface area contributed by atoms with Gasteiger partial charge in [-0.3, -0.25) is 14.5 Å². The van der Waals surface area contributed by atoms with E-state index in [0.717, 1.165) is 26.3 Å². The first-order valence-electron chi connectivity index (χ1n) is 15.7. The smallest absolute Gasteiger partial charge is 0.262 e. The Morgan fingerprint density at radius 3 is 2.26 bits per heavy atom. The predicted molar refractivity (Wildman–Crippen MR) is 176 cm³/mol. The summed E-state index contributed by atoms with van der Waals surface area (Å²) in [6.07, 6.45) is -2.04. The quantitative estimate of drug-likeness (QED) is 0.174. The van der Waals surface area contributed by atoms with E-state index in [9.17, 15) is 24.2 Å². The standard InChI is InChI=1S/C33H33ClF2N4O5.CH4O/c1-4-38(5-2)6-7-39-32(43)26-24-20-9-16(35)8-15(3)28(20)37-29(24)31-25(27(26)33(39)44)21-10-17(36)11-22(34)30(21)40(31)23-13-18(42)12-19(14-41)45-23;1-2/h8-11,18-19,23,37,41-42H,4-7,12-14H2,1-3H3;2H,1H3. The molecule has 13 heteroatoms. The van der Waals surface area contributed by atoms with Crippen LogP contribution in [-0.4, -0.2) is 98.6 Å². The van der Waals surface area contributed by atoms with Crippen LogP contribution < -0.4 is 0 Å². The minimum atomic E-state index is -0.870. The fourth-order valence-corrected chi connectivity index (χ4v) is 7.58. The van der Waals surface area contributed by atoms with Crippen molar-refractivity contribution in [3.63, 3.8) is 0 Å². The largest absolute Gasteiger partial charge is 0.400 e. The van der Waals surface area contributed by atoms with Gasteiger partial charge in [-0.25, -0.2) is 8.78 Å². The number of aromatic amines is 1. The number of benzene rings is 3. The number of aromatic nitrogens is 2. The van der Waals surface area contributed by atoms with Crippen molar-refractivity contribution in [1.29, 1.82) is 0 Å². The lowest BCUT2D eigenvalue weighted by Gasteiger charge is -2.34. The molecule has 0 aliphatic carbocycles. The lowest BCUT2D eigenvalue weighted by molar-refractivity contribution is -0.138. The molecule has 47 heavy (non-hydrogen) atoms. The van der Waals surface area contributed by atoms with Crippen LogP contribution in [0.4, 0.5) is 8.78 Å². The zero-order valence-corrected chi connectivity index (χ0v) is 27.3. The van der Waals surface area contributed by atoms with Gasteiger partial charge in [0, 0.05) is 60.1 Å². The molecule has 1 saturated heterocycles. The first-order valence-corrected chi connectivity index (χ1v) is 16.0. The van der Waals surface area contributed by atoms with Gasteiger partial charge in [-0.1, -0.05) is 25.4 Å². The molecule has 10 nitrogen and oxygen atoms in total. The summed E-state index contributed by atoms with van der Waals surface area (Å²) in [6, 6.07) is 5.16. The summed E-state index contributed by atoms with van der Waals surface area (Å²) in [6.45, 7) is 7.49. The first-order chi connectivity index (χ1) is 22.6. The van der Waals surface area contributed by atoms with Gasteiger partial charge in [0.1, 0.15) is 17.9 Å². The predicted octanol–water partition coefficient (Wildman–Crippen LogP) is 5.25. The van der Waals surface area contributed by atoms with Crippen LogP contribution in [0.15, 0.2) is 24.3 Å². The third-order valence-electron chi connectivity index (χ3n) is 9.37. The second-order valence-corrected chi connectivity index (χ2v) is 12.4. The minimum Gasteiger partial charge on any atom is -0.400 e. The molecule has 2 amide bonds. The molecule has 0 bridgehead atoms. The number of nitrogens with one attached hydrogen (secondary N) is 1. The van der Waals surface area contributed by atoms with Crippen molar-refractivity contribution >= 4 is 67.0 Å². The number of aryl methyl sites for hydroxylation is 1. The summed E-state index contributed by atoms with van der Waals surface area (Å²) in [4.78, 5) is 35.3. The van der Waals surface area contributed by atoms with Crippen molar-refractivity contribution in [3.8, 4) is 0 Å². The zero-order chi connectivity index (χ0) is 33.9. The fraction of sp³-hybridized carbons (Fsp3) is 0.412. The van der Waals surface area contributed by atoms with E-state index in [1.807, 2.05) is 13.8 Å². The molecule has 7 rings (SSSR count). The summed E-state index contributed by atoms with van der Waals surface area (Å²) >= 11 is 6.75. The zero-order valence-electron chi connectivity index (χ0n) is 26.5. The third-order valence-corrected chi connectivity index (χ3v) is 9.66. The number of ether oxygens (including phenoxy) is 1. The van der Waals surface area contributed by atoms with Gasteiger partial charge in [-0.2, -0.15) is 0 Å². The van der Waals surface area contributed by atoms with Crippen LogP contribution in [0, 0.1) is 18.6 Å². The van der Waals surface area contributed by atoms with Crippen LogP contribution in [0.25, 0.3) is 43.6 Å². The van der Waals surface area contributed by atoms with Crippen molar-refractivity contribution in [2.24, 2.45) is 0 Å². The van der Waals surface area contributed by atoms with E-state index in [2.05, 4.69) is 9.88 Å². The molecular formula is C34H37ClF2N4O6. The van der Waals surface area contributed by atoms with Gasteiger partial charge >= 0.3 is 0 Å². The molecule has 2 aliphatic heterocycles. The number of aliphatic hydroxyl groups is 3. The highest BCUT2D eigenvalue weighted by molar-refractivity contribution is 6.42. The molecule has 5 aromatic rings. The summed E-state index contributed by atoms with van der Waals surface area (Å²) in [5, 5.41) is 29.2. The number of amides is 2. The number of likely N-dealkylation sites (N-methyl/N-ethyl adjacent to an activating group) is 1. The van der Waals surface area contributed by atoms with Crippen LogP contribution in [0.3, 0.4) is 0 Å². The number of rotatable bonds is 7. The van der Waals surface area contributed by atoms with Crippen LogP contribution in [0.2, 0.25) is 5.02 Å². The van der Waals surface area contributed by atoms with Crippen molar-refractivity contribution in [2.75, 3.05) is 39.9 Å². The number of imide groups is 1. The number of fused-ring (bicyclic) bond motifs is 10. The van der Waals surface area contributed by atoms with E-state index in [1.54, 1.807) is 11.5 Å². The number of carbonyl (C=O) groups is 2. The number of nitrogens with zero attached hydrogens (tertiary/aromatic N) is 3. The average Bonchev–Trinajstić information content (AvgIpc) is 3.66. The molecule has 1 fully saturated rings. The van der Waals surface area contributed by atoms with E-state index in [4.69, 9.17) is 21.4 Å². The van der Waals surface area contributed by atoms with E-state index >= 15 is 4.39 Å². The molecular weight excluding hydrogens is 634 g/mol. The van der Waals surface area contributed by atoms with E-state index < -0.39 is 41.9 Å². The highest BCUT2D eigenvalue weighted by Gasteiger charge is 2.43. The van der Waals surface area contributed by atoms with Gasteiger partial charge in [-0.15, -0.1) is 0 Å². The number of hydrogen-bond acceptors (Lipinski definition) is 7. The Hall–Kier alpha value is -3.65. The normalized spacial score (nSPS) is 19.9. The highest BCUT2D eigenvalue weighted by Crippen LogP contribution is 2.49. The Labute approximate surface area is 274 Å². The van der Waals surface area contributed by atoms with Crippen LogP contribution in [0.1, 0.15) is 59.2 Å². The maximum atomic E-state index is 15.1. The molecule has 0 radical (unpaired) electrons. The van der Waals surface area contributed by atoms with E-state index in [-0.39, 0.29) is 42.1 Å². The maximum absolute atomic E-state index is 15.1. The van der Waals surface area contributed by atoms with Gasteiger partial charge in [-0.05, 0) is 49.8 Å². The lowest BCUT2D eigenvalue weighted by Crippen LogP contribution is -2.38. The van der Waals surface area contributed by atoms with Gasteiger partial charge in [0.2, 0.25) is 0 Å². The van der Waals surface area contributed by atoms with Crippen LogP contribution >= 0.6 is 11.6 Å². The van der Waals surface area contributed by atoms with Crippen molar-refractivity contribution in [1.82, 2.24) is 19.4 Å². The number of halogens is 3. The molecule has 4 N–H and O–H groups in total. The fourth-order valence-electron chi connectivity index (χ4n) is 7.29. The Bertz CT molecular complexity index is 2060. The molecule has 0 spiro atoms. The Balaban J connectivity index is 0.00000190. The van der Waals surface area contributed by atoms with Gasteiger partial charge in [0.25, 0.3) is 11.8 Å². The topological polar surface area (TPSA) is 131 Å². The average molecular weight is 671 g/mol. The van der Waals surface area contributed by atoms with Crippen molar-refractivity contribution in [3.05, 3.63) is 57.6 Å². The van der Waals surface area contributed by atoms with Crippen LogP contribution in [-0.2, 0) is 4.74 Å². The lowest BCUT2D eigenvalue weighted by atomic mass is 9.96. The Morgan fingerprint density at radius 2 is 1.60 bits per heavy atom. The minimum absolute atomic E-state index is 0.0424. The van der Waals surface area contributed by atoms with Crippen molar-refractivity contribution < 1.29 is 38.4 Å². The maximum Gasteiger partial charge on any atom is 0.262 e. The SMILES string of the molecule is CCN(CC)CCN1C(=O)c2c(c3c4cc(F)cc(Cl)c4n(C4CC(O)CC(CO)O4)c3c3[nH]c4c(C)cc(F)cc4c23)C1=O.CO. The number of H-pyrrole nitrogens is 1. The summed E-state index contributed by atoms with van der Waals surface area (Å²) in [7, 11) is 1.00. The second kappa shape index (κ2) is 12.8. The summed E-state index contributed by atoms with van der Waals surface area (Å²) in [5.74, 6) is -2.18. The molecule has 3 aromatic carbocycles. The van der Waals surface area contributed by atoms with Gasteiger partial charge < -0.3 is 34.5 Å². The number of carbonyl (C=O) groups excluding carboxylic acids is 2. The molecule has 0 saturated carbocycles. The Kier molecular flexibility index (Phi) is 9.02. The molecule has 250 valence electrons. The highest BCUT2D eigenvalue weighted by atomic mass is 35.5. The van der Waals surface area contributed by atoms with Gasteiger partial charge in [0.15, 0.2) is 0 Å². The first kappa shape index (κ1) is 33.3. The van der Waals surface area contributed by atoms with E-state index in [0.29, 0.717) is 55.7 Å². The third kappa shape index (κ3) is 5.18. The molecule has 4 heterocycles. The van der Waals surface area contributed by atoms with E-state index in [1.165, 1.54) is 23.1 Å². The Morgan fingerprint density at radius 1 is 0.957 bits per heavy atom. The molecule has 2 aliphatic rings. The summed E-state index contributed by atoms with van der Waals surface area (Å²) in [5.41, 5.74) is 2.56. The molecule has 3 unspecified atom stereocenters. The second-order valence-electron chi connectivity index (χ2n) is 12.0. The van der Waals surface area contributed by atoms with Crippen LogP contribution in [0.5, 0.6) is 0 Å². The monoisotopic (exact) mass is 670 g/mol. The van der Waals surface area contributed by atoms with Crippen molar-refractivity contribution in [2.45, 2.75) is 52.0 Å². The van der Waals surface area contributed by atoms with Gasteiger partial charge in [0.05, 0.1) is 51.5 Å².